The van der Waals surface area contributed by atoms with Crippen LogP contribution in [-0.4, -0.2) is 11.9 Å². The number of rotatable bonds is 1. The monoisotopic (exact) mass is 222 g/mol. The lowest BCUT2D eigenvalue weighted by atomic mass is 10.2. The highest BCUT2D eigenvalue weighted by Gasteiger charge is 2.22. The number of halogens is 1. The average Bonchev–Trinajstić information content (AvgIpc) is 2.49. The summed E-state index contributed by atoms with van der Waals surface area (Å²) in [7, 11) is 0. The van der Waals surface area contributed by atoms with Gasteiger partial charge in [-0.3, -0.25) is 10.1 Å². The molecular formula is C10H7ClN2O2. The fourth-order valence-electron chi connectivity index (χ4n) is 1.21. The number of amides is 3. The Morgan fingerprint density at radius 2 is 1.73 bits per heavy atom. The van der Waals surface area contributed by atoms with Crippen LogP contribution in [0.15, 0.2) is 30.0 Å². The molecule has 0 spiro atoms. The smallest absolute Gasteiger partial charge is 0.303 e. The van der Waals surface area contributed by atoms with Gasteiger partial charge in [-0.05, 0) is 23.8 Å². The molecule has 1 aromatic rings. The van der Waals surface area contributed by atoms with E-state index in [0.717, 1.165) is 5.56 Å². The lowest BCUT2D eigenvalue weighted by Crippen LogP contribution is -2.22. The third kappa shape index (κ3) is 2.16. The number of hydrogen-bond donors (Lipinski definition) is 2. The molecule has 15 heavy (non-hydrogen) atoms. The first-order chi connectivity index (χ1) is 7.15. The molecule has 0 saturated carbocycles. The van der Waals surface area contributed by atoms with Crippen molar-refractivity contribution < 1.29 is 9.59 Å². The predicted octanol–water partition coefficient (Wildman–Crippen LogP) is 1.52. The van der Waals surface area contributed by atoms with Crippen molar-refractivity contribution >= 4 is 29.6 Å². The van der Waals surface area contributed by atoms with E-state index in [0.29, 0.717) is 5.02 Å². The molecule has 2 N–H and O–H groups in total. The van der Waals surface area contributed by atoms with Crippen molar-refractivity contribution in [3.8, 4) is 0 Å². The first-order valence-corrected chi connectivity index (χ1v) is 4.62. The van der Waals surface area contributed by atoms with Crippen LogP contribution in [0.3, 0.4) is 0 Å². The highest BCUT2D eigenvalue weighted by molar-refractivity contribution is 6.30. The Balaban J connectivity index is 2.27. The number of benzene rings is 1. The van der Waals surface area contributed by atoms with Crippen LogP contribution < -0.4 is 10.6 Å². The van der Waals surface area contributed by atoms with Crippen molar-refractivity contribution in [2.75, 3.05) is 0 Å². The van der Waals surface area contributed by atoms with Crippen molar-refractivity contribution in [3.63, 3.8) is 0 Å². The Morgan fingerprint density at radius 1 is 1.07 bits per heavy atom. The summed E-state index contributed by atoms with van der Waals surface area (Å²) in [5.74, 6) is -0.421. The minimum atomic E-state index is -0.500. The Labute approximate surface area is 90.9 Å². The second-order valence-electron chi connectivity index (χ2n) is 3.02. The second kappa shape index (κ2) is 3.74. The second-order valence-corrected chi connectivity index (χ2v) is 3.45. The quantitative estimate of drug-likeness (QED) is 0.559. The first kappa shape index (κ1) is 9.73. The summed E-state index contributed by atoms with van der Waals surface area (Å²) in [5, 5.41) is 5.13. The molecule has 1 aliphatic heterocycles. The maximum absolute atomic E-state index is 11.2. The SMILES string of the molecule is O=C1NC(=O)C(=Cc2ccc(Cl)cc2)N1. The van der Waals surface area contributed by atoms with Gasteiger partial charge in [-0.1, -0.05) is 23.7 Å². The van der Waals surface area contributed by atoms with Crippen LogP contribution in [-0.2, 0) is 4.79 Å². The normalized spacial score (nSPS) is 17.8. The highest BCUT2D eigenvalue weighted by atomic mass is 35.5. The molecule has 1 saturated heterocycles. The zero-order valence-electron chi connectivity index (χ0n) is 7.58. The van der Waals surface area contributed by atoms with Crippen molar-refractivity contribution in [1.82, 2.24) is 10.6 Å². The van der Waals surface area contributed by atoms with E-state index in [-0.39, 0.29) is 5.70 Å². The summed E-state index contributed by atoms with van der Waals surface area (Å²) in [4.78, 5) is 22.0. The Bertz CT molecular complexity index is 451. The van der Waals surface area contributed by atoms with Gasteiger partial charge in [0.15, 0.2) is 0 Å². The Morgan fingerprint density at radius 3 is 2.27 bits per heavy atom. The maximum atomic E-state index is 11.2. The summed E-state index contributed by atoms with van der Waals surface area (Å²) in [6.45, 7) is 0. The molecule has 0 radical (unpaired) electrons. The van der Waals surface area contributed by atoms with Crippen LogP contribution in [0.25, 0.3) is 6.08 Å². The van der Waals surface area contributed by atoms with E-state index in [4.69, 9.17) is 11.6 Å². The lowest BCUT2D eigenvalue weighted by molar-refractivity contribution is -0.115. The van der Waals surface area contributed by atoms with E-state index in [9.17, 15) is 9.59 Å². The Hall–Kier alpha value is -1.81. The minimum Gasteiger partial charge on any atom is -0.303 e. The van der Waals surface area contributed by atoms with Crippen molar-refractivity contribution in [1.29, 1.82) is 0 Å². The van der Waals surface area contributed by atoms with Gasteiger partial charge in [0.2, 0.25) is 0 Å². The van der Waals surface area contributed by atoms with Crippen LogP contribution in [0.5, 0.6) is 0 Å². The van der Waals surface area contributed by atoms with Gasteiger partial charge in [0, 0.05) is 5.02 Å². The van der Waals surface area contributed by atoms with Gasteiger partial charge in [-0.2, -0.15) is 0 Å². The van der Waals surface area contributed by atoms with Crippen LogP contribution in [0.1, 0.15) is 5.56 Å². The van der Waals surface area contributed by atoms with E-state index in [2.05, 4.69) is 10.6 Å². The minimum absolute atomic E-state index is 0.238. The highest BCUT2D eigenvalue weighted by Crippen LogP contribution is 2.12. The molecule has 1 fully saturated rings. The van der Waals surface area contributed by atoms with E-state index in [1.807, 2.05) is 0 Å². The molecule has 0 aromatic heterocycles. The number of nitrogens with one attached hydrogen (secondary N) is 2. The van der Waals surface area contributed by atoms with E-state index in [1.54, 1.807) is 30.3 Å². The summed E-state index contributed by atoms with van der Waals surface area (Å²) >= 11 is 5.71. The van der Waals surface area contributed by atoms with Gasteiger partial charge < -0.3 is 5.32 Å². The van der Waals surface area contributed by atoms with Gasteiger partial charge >= 0.3 is 6.03 Å². The molecule has 0 unspecified atom stereocenters. The van der Waals surface area contributed by atoms with Crippen LogP contribution >= 0.6 is 11.6 Å². The van der Waals surface area contributed by atoms with Crippen LogP contribution in [0.4, 0.5) is 4.79 Å². The summed E-state index contributed by atoms with van der Waals surface area (Å²) in [5.41, 5.74) is 1.04. The topological polar surface area (TPSA) is 58.2 Å². The molecule has 0 bridgehead atoms. The summed E-state index contributed by atoms with van der Waals surface area (Å²) in [6, 6.07) is 6.44. The molecule has 0 atom stereocenters. The van der Waals surface area contributed by atoms with Crippen molar-refractivity contribution in [3.05, 3.63) is 40.5 Å². The van der Waals surface area contributed by atoms with Crippen molar-refractivity contribution in [2.24, 2.45) is 0 Å². The fourth-order valence-corrected chi connectivity index (χ4v) is 1.33. The molecule has 76 valence electrons. The Kier molecular flexibility index (Phi) is 2.43. The van der Waals surface area contributed by atoms with Crippen molar-refractivity contribution in [2.45, 2.75) is 0 Å². The van der Waals surface area contributed by atoms with Gasteiger partial charge in [-0.15, -0.1) is 0 Å². The molecule has 1 aliphatic rings. The summed E-state index contributed by atoms with van der Waals surface area (Å²) in [6.07, 6.45) is 1.58. The number of carbonyl (C=O) groups excluding carboxylic acids is 2. The molecule has 3 amide bonds. The number of urea groups is 1. The standard InChI is InChI=1S/C10H7ClN2O2/c11-7-3-1-6(2-4-7)5-8-9(14)13-10(15)12-8/h1-5H,(H2,12,13,14,15). The summed E-state index contributed by atoms with van der Waals surface area (Å²) < 4.78 is 0. The first-order valence-electron chi connectivity index (χ1n) is 4.25. The molecule has 1 heterocycles. The van der Waals surface area contributed by atoms with Gasteiger partial charge in [-0.25, -0.2) is 4.79 Å². The third-order valence-electron chi connectivity index (χ3n) is 1.90. The van der Waals surface area contributed by atoms with E-state index in [1.165, 1.54) is 0 Å². The van der Waals surface area contributed by atoms with Gasteiger partial charge in [0.25, 0.3) is 5.91 Å². The average molecular weight is 223 g/mol. The molecule has 0 aliphatic carbocycles. The fraction of sp³-hybridized carbons (Fsp3) is 0. The van der Waals surface area contributed by atoms with Crippen LogP contribution in [0.2, 0.25) is 5.02 Å². The van der Waals surface area contributed by atoms with Crippen LogP contribution in [0, 0.1) is 0 Å². The molecule has 1 aromatic carbocycles. The third-order valence-corrected chi connectivity index (χ3v) is 2.15. The predicted molar refractivity (Wildman–Crippen MR) is 56.1 cm³/mol. The zero-order chi connectivity index (χ0) is 10.8. The lowest BCUT2D eigenvalue weighted by Gasteiger charge is -1.95. The zero-order valence-corrected chi connectivity index (χ0v) is 8.34. The van der Waals surface area contributed by atoms with E-state index >= 15 is 0 Å². The molecule has 4 nitrogen and oxygen atoms in total. The molecule has 5 heteroatoms. The number of hydrogen-bond acceptors (Lipinski definition) is 2. The molecular weight excluding hydrogens is 216 g/mol. The largest absolute Gasteiger partial charge is 0.326 e. The van der Waals surface area contributed by atoms with Gasteiger partial charge in [0.05, 0.1) is 0 Å². The number of carbonyl (C=O) groups is 2. The number of imide groups is 1. The maximum Gasteiger partial charge on any atom is 0.326 e. The van der Waals surface area contributed by atoms with E-state index < -0.39 is 11.9 Å². The molecule has 2 rings (SSSR count). The van der Waals surface area contributed by atoms with Gasteiger partial charge in [0.1, 0.15) is 5.70 Å².